The van der Waals surface area contributed by atoms with E-state index in [0.29, 0.717) is 5.56 Å². The molecule has 0 aliphatic rings. The van der Waals surface area contributed by atoms with Gasteiger partial charge in [0.1, 0.15) is 0 Å². The lowest BCUT2D eigenvalue weighted by Gasteiger charge is -2.06. The highest BCUT2D eigenvalue weighted by Crippen LogP contribution is 2.30. The molecule has 1 aromatic heterocycles. The molecule has 1 N–H and O–H groups in total. The molecule has 0 amide bonds. The van der Waals surface area contributed by atoms with E-state index in [9.17, 15) is 4.79 Å². The van der Waals surface area contributed by atoms with E-state index >= 15 is 0 Å². The number of carboxylic acid groups (broad SMARTS) is 1. The van der Waals surface area contributed by atoms with Gasteiger partial charge in [-0.2, -0.15) is 11.3 Å². The summed E-state index contributed by atoms with van der Waals surface area (Å²) >= 11 is 1.64. The summed E-state index contributed by atoms with van der Waals surface area (Å²) in [4.78, 5) is 11.0. The van der Waals surface area contributed by atoms with Crippen LogP contribution in [0.15, 0.2) is 53.2 Å². The minimum Gasteiger partial charge on any atom is -0.478 e. The van der Waals surface area contributed by atoms with Crippen LogP contribution in [0.25, 0.3) is 21.9 Å². The van der Waals surface area contributed by atoms with Gasteiger partial charge in [-0.15, -0.1) is 0 Å². The van der Waals surface area contributed by atoms with E-state index in [4.69, 9.17) is 5.11 Å². The molecular weight excluding hydrogens is 244 g/mol. The van der Waals surface area contributed by atoms with Crippen molar-refractivity contribution in [2.24, 2.45) is 0 Å². The van der Waals surface area contributed by atoms with Crippen LogP contribution in [0.2, 0.25) is 0 Å². The van der Waals surface area contributed by atoms with E-state index in [1.54, 1.807) is 23.5 Å². The number of hydrogen-bond donors (Lipinski definition) is 1. The second-order valence-electron chi connectivity index (χ2n) is 4.06. The predicted octanol–water partition coefficient (Wildman–Crippen LogP) is 4.27. The maximum atomic E-state index is 11.0. The Morgan fingerprint density at radius 3 is 2.72 bits per heavy atom. The van der Waals surface area contributed by atoms with Crippen molar-refractivity contribution in [3.63, 3.8) is 0 Å². The van der Waals surface area contributed by atoms with Gasteiger partial charge < -0.3 is 5.11 Å². The van der Waals surface area contributed by atoms with Crippen LogP contribution >= 0.6 is 11.3 Å². The molecule has 0 spiro atoms. The van der Waals surface area contributed by atoms with Gasteiger partial charge in [-0.3, -0.25) is 0 Å². The predicted molar refractivity (Wildman–Crippen MR) is 74.2 cm³/mol. The molecule has 0 atom stereocenters. The summed E-state index contributed by atoms with van der Waals surface area (Å²) in [6, 6.07) is 13.3. The lowest BCUT2D eigenvalue weighted by atomic mass is 9.98. The van der Waals surface area contributed by atoms with Crippen molar-refractivity contribution in [2.75, 3.05) is 0 Å². The summed E-state index contributed by atoms with van der Waals surface area (Å²) in [7, 11) is 0. The van der Waals surface area contributed by atoms with Crippen molar-refractivity contribution in [3.8, 4) is 11.1 Å². The number of rotatable bonds is 2. The van der Waals surface area contributed by atoms with E-state index in [2.05, 4.69) is 5.38 Å². The zero-order valence-electron chi connectivity index (χ0n) is 9.46. The van der Waals surface area contributed by atoms with Crippen molar-refractivity contribution in [1.29, 1.82) is 0 Å². The fourth-order valence-corrected chi connectivity index (χ4v) is 2.73. The average molecular weight is 254 g/mol. The summed E-state index contributed by atoms with van der Waals surface area (Å²) in [5.41, 5.74) is 2.54. The Balaban J connectivity index is 2.31. The number of hydrogen-bond acceptors (Lipinski definition) is 2. The molecule has 0 aliphatic heterocycles. The van der Waals surface area contributed by atoms with E-state index in [-0.39, 0.29) is 0 Å². The number of benzene rings is 2. The van der Waals surface area contributed by atoms with Crippen LogP contribution < -0.4 is 0 Å². The summed E-state index contributed by atoms with van der Waals surface area (Å²) in [5.74, 6) is -0.892. The van der Waals surface area contributed by atoms with Crippen LogP contribution in [0.3, 0.4) is 0 Å². The fourth-order valence-electron chi connectivity index (χ4n) is 2.08. The Hall–Kier alpha value is -2.13. The lowest BCUT2D eigenvalue weighted by molar-refractivity contribution is 0.0697. The molecule has 0 bridgehead atoms. The number of fused-ring (bicyclic) bond motifs is 1. The molecular formula is C15H10O2S. The summed E-state index contributed by atoms with van der Waals surface area (Å²) in [6.45, 7) is 0. The molecule has 3 rings (SSSR count). The first-order valence-electron chi connectivity index (χ1n) is 5.54. The summed E-state index contributed by atoms with van der Waals surface area (Å²) in [6.07, 6.45) is 0. The largest absolute Gasteiger partial charge is 0.478 e. The Bertz CT molecular complexity index is 714. The molecule has 2 nitrogen and oxygen atoms in total. The monoisotopic (exact) mass is 254 g/mol. The van der Waals surface area contributed by atoms with Crippen LogP contribution in [0.4, 0.5) is 0 Å². The highest BCUT2D eigenvalue weighted by atomic mass is 32.1. The van der Waals surface area contributed by atoms with Crippen molar-refractivity contribution in [3.05, 3.63) is 58.8 Å². The summed E-state index contributed by atoms with van der Waals surface area (Å²) in [5, 5.41) is 15.2. The molecule has 0 unspecified atom stereocenters. The molecule has 2 aromatic carbocycles. The standard InChI is InChI=1S/C15H10O2S/c16-15(17)11-5-4-10-2-1-3-13(14(10)8-11)12-6-7-18-9-12/h1-9H,(H,16,17). The van der Waals surface area contributed by atoms with Crippen molar-refractivity contribution < 1.29 is 9.90 Å². The van der Waals surface area contributed by atoms with Crippen LogP contribution in [-0.2, 0) is 0 Å². The quantitative estimate of drug-likeness (QED) is 0.741. The van der Waals surface area contributed by atoms with E-state index < -0.39 is 5.97 Å². The molecule has 3 heteroatoms. The SMILES string of the molecule is O=C(O)c1ccc2cccc(-c3ccsc3)c2c1. The Morgan fingerprint density at radius 1 is 1.11 bits per heavy atom. The average Bonchev–Trinajstić information content (AvgIpc) is 2.91. The molecule has 88 valence electrons. The van der Waals surface area contributed by atoms with Gasteiger partial charge in [-0.1, -0.05) is 24.3 Å². The molecule has 0 fully saturated rings. The molecule has 1 heterocycles. The number of carbonyl (C=O) groups is 1. The first-order valence-corrected chi connectivity index (χ1v) is 6.48. The van der Waals surface area contributed by atoms with Gasteiger partial charge in [0, 0.05) is 0 Å². The van der Waals surface area contributed by atoms with E-state index in [0.717, 1.165) is 21.9 Å². The van der Waals surface area contributed by atoms with Crippen LogP contribution in [0.5, 0.6) is 0 Å². The highest BCUT2D eigenvalue weighted by Gasteiger charge is 2.08. The van der Waals surface area contributed by atoms with Gasteiger partial charge in [0.25, 0.3) is 0 Å². The van der Waals surface area contributed by atoms with E-state index in [1.165, 1.54) is 0 Å². The maximum Gasteiger partial charge on any atom is 0.335 e. The second kappa shape index (κ2) is 4.27. The summed E-state index contributed by atoms with van der Waals surface area (Å²) < 4.78 is 0. The molecule has 0 radical (unpaired) electrons. The Labute approximate surface area is 108 Å². The van der Waals surface area contributed by atoms with Gasteiger partial charge in [0.2, 0.25) is 0 Å². The lowest BCUT2D eigenvalue weighted by Crippen LogP contribution is -1.95. The number of carboxylic acids is 1. The third kappa shape index (κ3) is 1.79. The molecule has 0 saturated heterocycles. The zero-order valence-corrected chi connectivity index (χ0v) is 10.3. The fraction of sp³-hybridized carbons (Fsp3) is 0. The zero-order chi connectivity index (χ0) is 12.5. The normalized spacial score (nSPS) is 10.7. The van der Waals surface area contributed by atoms with Gasteiger partial charge in [-0.25, -0.2) is 4.79 Å². The van der Waals surface area contributed by atoms with Gasteiger partial charge in [0.05, 0.1) is 5.56 Å². The third-order valence-corrected chi connectivity index (χ3v) is 3.64. The maximum absolute atomic E-state index is 11.0. The first-order chi connectivity index (χ1) is 8.75. The van der Waals surface area contributed by atoms with Crippen LogP contribution in [-0.4, -0.2) is 11.1 Å². The molecule has 0 saturated carbocycles. The number of aromatic carboxylic acids is 1. The third-order valence-electron chi connectivity index (χ3n) is 2.96. The van der Waals surface area contributed by atoms with Gasteiger partial charge in [0.15, 0.2) is 0 Å². The number of thiophene rings is 1. The van der Waals surface area contributed by atoms with Gasteiger partial charge >= 0.3 is 5.97 Å². The minimum absolute atomic E-state index is 0.324. The minimum atomic E-state index is -0.892. The topological polar surface area (TPSA) is 37.3 Å². The first kappa shape index (κ1) is 11.0. The van der Waals surface area contributed by atoms with Crippen molar-refractivity contribution in [2.45, 2.75) is 0 Å². The Morgan fingerprint density at radius 2 is 2.00 bits per heavy atom. The second-order valence-corrected chi connectivity index (χ2v) is 4.84. The van der Waals surface area contributed by atoms with Crippen molar-refractivity contribution in [1.82, 2.24) is 0 Å². The van der Waals surface area contributed by atoms with Crippen LogP contribution in [0, 0.1) is 0 Å². The Kier molecular flexibility index (Phi) is 2.61. The van der Waals surface area contributed by atoms with Crippen molar-refractivity contribution >= 4 is 28.1 Å². The van der Waals surface area contributed by atoms with Gasteiger partial charge in [-0.05, 0) is 50.9 Å². The van der Waals surface area contributed by atoms with Crippen LogP contribution in [0.1, 0.15) is 10.4 Å². The van der Waals surface area contributed by atoms with E-state index in [1.807, 2.05) is 35.7 Å². The molecule has 0 aliphatic carbocycles. The molecule has 3 aromatic rings. The highest BCUT2D eigenvalue weighted by molar-refractivity contribution is 7.08. The molecule has 18 heavy (non-hydrogen) atoms. The smallest absolute Gasteiger partial charge is 0.335 e.